The molecule has 0 unspecified atom stereocenters. The maximum atomic E-state index is 12.0. The van der Waals surface area contributed by atoms with E-state index in [1.807, 2.05) is 29.6 Å². The van der Waals surface area contributed by atoms with Gasteiger partial charge in [0.05, 0.1) is 11.8 Å². The molecule has 1 fully saturated rings. The van der Waals surface area contributed by atoms with Crippen molar-refractivity contribution >= 4 is 28.2 Å². The Balaban J connectivity index is 1.65. The molecule has 1 heterocycles. The van der Waals surface area contributed by atoms with Crippen molar-refractivity contribution in [3.63, 3.8) is 0 Å². The van der Waals surface area contributed by atoms with Crippen molar-refractivity contribution in [2.24, 2.45) is 0 Å². The summed E-state index contributed by atoms with van der Waals surface area (Å²) in [7, 11) is 0. The van der Waals surface area contributed by atoms with Gasteiger partial charge >= 0.3 is 6.03 Å². The van der Waals surface area contributed by atoms with Crippen molar-refractivity contribution in [2.75, 3.05) is 10.6 Å². The largest absolute Gasteiger partial charge is 0.488 e. The summed E-state index contributed by atoms with van der Waals surface area (Å²) in [5.74, 6) is 0.721. The van der Waals surface area contributed by atoms with E-state index in [0.717, 1.165) is 18.6 Å². The van der Waals surface area contributed by atoms with Gasteiger partial charge in [0, 0.05) is 11.6 Å². The fourth-order valence-corrected chi connectivity index (χ4v) is 2.92. The van der Waals surface area contributed by atoms with Crippen molar-refractivity contribution in [1.82, 2.24) is 4.98 Å². The van der Waals surface area contributed by atoms with Crippen LogP contribution in [0.1, 0.15) is 25.7 Å². The molecular weight excluding hydrogens is 286 g/mol. The monoisotopic (exact) mass is 303 g/mol. The molecule has 2 aromatic rings. The number of benzene rings is 1. The molecule has 21 heavy (non-hydrogen) atoms. The van der Waals surface area contributed by atoms with E-state index in [4.69, 9.17) is 4.74 Å². The van der Waals surface area contributed by atoms with E-state index in [9.17, 15) is 4.79 Å². The number of nitrogens with zero attached hydrogens (tertiary/aromatic N) is 1. The van der Waals surface area contributed by atoms with Crippen LogP contribution in [-0.4, -0.2) is 17.1 Å². The third kappa shape index (κ3) is 3.72. The van der Waals surface area contributed by atoms with Gasteiger partial charge in [0.25, 0.3) is 0 Å². The van der Waals surface area contributed by atoms with E-state index in [1.165, 1.54) is 24.2 Å². The van der Waals surface area contributed by atoms with E-state index < -0.39 is 0 Å². The molecule has 0 spiro atoms. The number of hydrogen-bond acceptors (Lipinski definition) is 4. The topological polar surface area (TPSA) is 63.2 Å². The second-order valence-corrected chi connectivity index (χ2v) is 5.83. The Kier molecular flexibility index (Phi) is 4.35. The second kappa shape index (κ2) is 6.58. The Hall–Kier alpha value is -2.08. The van der Waals surface area contributed by atoms with Gasteiger partial charge in [-0.25, -0.2) is 9.78 Å². The molecule has 1 aromatic heterocycles. The van der Waals surface area contributed by atoms with Crippen molar-refractivity contribution in [3.8, 4) is 5.75 Å². The summed E-state index contributed by atoms with van der Waals surface area (Å²) in [6, 6.07) is 7.20. The lowest BCUT2D eigenvalue weighted by Gasteiger charge is -2.16. The number of carbonyl (C=O) groups excluding carboxylic acids is 1. The highest BCUT2D eigenvalue weighted by atomic mass is 32.1. The molecule has 0 saturated heterocycles. The lowest BCUT2D eigenvalue weighted by atomic mass is 10.2. The van der Waals surface area contributed by atoms with Gasteiger partial charge in [-0.1, -0.05) is 12.1 Å². The number of ether oxygens (including phenoxy) is 1. The molecule has 1 aliphatic rings. The number of amides is 2. The molecule has 0 aliphatic heterocycles. The predicted molar refractivity (Wildman–Crippen MR) is 84.1 cm³/mol. The zero-order valence-corrected chi connectivity index (χ0v) is 12.4. The van der Waals surface area contributed by atoms with Gasteiger partial charge in [-0.05, 0) is 37.8 Å². The first-order valence-electron chi connectivity index (χ1n) is 7.04. The van der Waals surface area contributed by atoms with E-state index in [0.29, 0.717) is 10.8 Å². The van der Waals surface area contributed by atoms with Crippen molar-refractivity contribution in [1.29, 1.82) is 0 Å². The highest BCUT2D eigenvalue weighted by Crippen LogP contribution is 2.29. The first-order valence-corrected chi connectivity index (χ1v) is 7.92. The summed E-state index contributed by atoms with van der Waals surface area (Å²) in [4.78, 5) is 16.0. The number of thiazole rings is 1. The van der Waals surface area contributed by atoms with Gasteiger partial charge < -0.3 is 10.1 Å². The number of urea groups is 1. The maximum absolute atomic E-state index is 12.0. The molecule has 2 N–H and O–H groups in total. The van der Waals surface area contributed by atoms with Crippen LogP contribution in [0.15, 0.2) is 35.8 Å². The Morgan fingerprint density at radius 1 is 1.24 bits per heavy atom. The Labute approximate surface area is 127 Å². The molecule has 0 radical (unpaired) electrons. The predicted octanol–water partition coefficient (Wildman–Crippen LogP) is 4.11. The molecule has 0 atom stereocenters. The standard InChI is InChI=1S/C15H17N3O2S/c19-14(18-15-16-9-10-21-15)17-12-7-3-4-8-13(12)20-11-5-1-2-6-11/h3-4,7-11H,1-2,5-6H2,(H2,16,17,18,19). The SMILES string of the molecule is O=C(Nc1nccs1)Nc1ccccc1OC1CCCC1. The number of aromatic nitrogens is 1. The van der Waals surface area contributed by atoms with Crippen molar-refractivity contribution in [2.45, 2.75) is 31.8 Å². The van der Waals surface area contributed by atoms with Crippen molar-refractivity contribution < 1.29 is 9.53 Å². The average Bonchev–Trinajstić information content (AvgIpc) is 3.14. The second-order valence-electron chi connectivity index (χ2n) is 4.94. The lowest BCUT2D eigenvalue weighted by Crippen LogP contribution is -2.20. The number of nitrogens with one attached hydrogen (secondary N) is 2. The first-order chi connectivity index (χ1) is 10.3. The zero-order valence-electron chi connectivity index (χ0n) is 11.5. The van der Waals surface area contributed by atoms with Crippen LogP contribution < -0.4 is 15.4 Å². The van der Waals surface area contributed by atoms with Crippen LogP contribution >= 0.6 is 11.3 Å². The van der Waals surface area contributed by atoms with E-state index in [1.54, 1.807) is 6.20 Å². The normalized spacial score (nSPS) is 14.9. The van der Waals surface area contributed by atoms with Gasteiger partial charge in [-0.2, -0.15) is 0 Å². The molecule has 2 amide bonds. The summed E-state index contributed by atoms with van der Waals surface area (Å²) in [5.41, 5.74) is 0.679. The zero-order chi connectivity index (χ0) is 14.5. The smallest absolute Gasteiger partial charge is 0.325 e. The van der Waals surface area contributed by atoms with Crippen LogP contribution in [0.4, 0.5) is 15.6 Å². The summed E-state index contributed by atoms with van der Waals surface area (Å²) in [6.07, 6.45) is 6.50. The van der Waals surface area contributed by atoms with Crippen LogP contribution in [0.5, 0.6) is 5.75 Å². The summed E-state index contributed by atoms with van der Waals surface area (Å²) in [6.45, 7) is 0. The van der Waals surface area contributed by atoms with Crippen LogP contribution in [0, 0.1) is 0 Å². The van der Waals surface area contributed by atoms with Gasteiger partial charge in [0.15, 0.2) is 5.13 Å². The minimum absolute atomic E-state index is 0.259. The molecule has 1 aliphatic carbocycles. The summed E-state index contributed by atoms with van der Waals surface area (Å²) >= 11 is 1.38. The molecule has 1 aromatic carbocycles. The minimum Gasteiger partial charge on any atom is -0.488 e. The van der Waals surface area contributed by atoms with Crippen LogP contribution in [-0.2, 0) is 0 Å². The molecule has 6 heteroatoms. The Bertz CT molecular complexity index is 595. The Morgan fingerprint density at radius 3 is 2.81 bits per heavy atom. The summed E-state index contributed by atoms with van der Waals surface area (Å²) in [5, 5.41) is 7.89. The maximum Gasteiger partial charge on any atom is 0.325 e. The molecule has 1 saturated carbocycles. The minimum atomic E-state index is -0.313. The van der Waals surface area contributed by atoms with Gasteiger partial charge in [-0.3, -0.25) is 5.32 Å². The van der Waals surface area contributed by atoms with Gasteiger partial charge in [0.1, 0.15) is 5.75 Å². The number of para-hydroxylation sites is 2. The third-order valence-corrected chi connectivity index (χ3v) is 4.07. The summed E-state index contributed by atoms with van der Waals surface area (Å²) < 4.78 is 5.99. The fourth-order valence-electron chi connectivity index (χ4n) is 2.39. The van der Waals surface area contributed by atoms with E-state index in [2.05, 4.69) is 15.6 Å². The quantitative estimate of drug-likeness (QED) is 0.893. The molecular formula is C15H17N3O2S. The Morgan fingerprint density at radius 2 is 2.05 bits per heavy atom. The number of carbonyl (C=O) groups is 1. The van der Waals surface area contributed by atoms with E-state index >= 15 is 0 Å². The molecule has 5 nitrogen and oxygen atoms in total. The molecule has 110 valence electrons. The van der Waals surface area contributed by atoms with Crippen LogP contribution in [0.25, 0.3) is 0 Å². The van der Waals surface area contributed by atoms with Crippen LogP contribution in [0.3, 0.4) is 0 Å². The highest BCUT2D eigenvalue weighted by molar-refractivity contribution is 7.13. The van der Waals surface area contributed by atoms with Crippen molar-refractivity contribution in [3.05, 3.63) is 35.8 Å². The van der Waals surface area contributed by atoms with E-state index in [-0.39, 0.29) is 12.1 Å². The number of anilines is 2. The number of rotatable bonds is 4. The highest BCUT2D eigenvalue weighted by Gasteiger charge is 2.18. The molecule has 0 bridgehead atoms. The van der Waals surface area contributed by atoms with Crippen LogP contribution in [0.2, 0.25) is 0 Å². The third-order valence-electron chi connectivity index (χ3n) is 3.38. The average molecular weight is 303 g/mol. The lowest BCUT2D eigenvalue weighted by molar-refractivity contribution is 0.211. The van der Waals surface area contributed by atoms with Gasteiger partial charge in [-0.15, -0.1) is 11.3 Å². The van der Waals surface area contributed by atoms with Gasteiger partial charge in [0.2, 0.25) is 0 Å². The number of hydrogen-bond donors (Lipinski definition) is 2. The first kappa shape index (κ1) is 13.9. The fraction of sp³-hybridized carbons (Fsp3) is 0.333. The molecule has 3 rings (SSSR count).